The van der Waals surface area contributed by atoms with E-state index in [-0.39, 0.29) is 11.3 Å². The molecule has 1 aromatic heterocycles. The molecular weight excluding hydrogens is 508 g/mol. The minimum atomic E-state index is -0.658. The Labute approximate surface area is 221 Å². The highest BCUT2D eigenvalue weighted by molar-refractivity contribution is 7.98. The van der Waals surface area contributed by atoms with Crippen molar-refractivity contribution in [2.45, 2.75) is 10.9 Å². The summed E-state index contributed by atoms with van der Waals surface area (Å²) in [6, 6.07) is 19.1. The molecule has 3 aromatic carbocycles. The molecule has 5 rings (SSSR count). The first kappa shape index (κ1) is 25.2. The lowest BCUT2D eigenvalue weighted by Crippen LogP contribution is -2.41. The van der Waals surface area contributed by atoms with Gasteiger partial charge < -0.3 is 14.6 Å². The number of thioether (sulfide) groups is 1. The van der Waals surface area contributed by atoms with Gasteiger partial charge in [0, 0.05) is 36.0 Å². The van der Waals surface area contributed by atoms with Crippen LogP contribution in [0.5, 0.6) is 0 Å². The number of aromatic nitrogens is 2. The summed E-state index contributed by atoms with van der Waals surface area (Å²) in [6.07, 6.45) is 0. The van der Waals surface area contributed by atoms with Gasteiger partial charge in [-0.3, -0.25) is 30.6 Å². The second-order valence-corrected chi connectivity index (χ2v) is 9.48. The Morgan fingerprint density at radius 2 is 1.68 bits per heavy atom. The minimum absolute atomic E-state index is 0.0620. The zero-order valence-corrected chi connectivity index (χ0v) is 21.0. The molecule has 0 atom stereocenters. The topological polar surface area (TPSA) is 142 Å². The zero-order chi connectivity index (χ0) is 26.5. The normalized spacial score (nSPS) is 13.3. The summed E-state index contributed by atoms with van der Waals surface area (Å²) < 4.78 is 5.30. The average Bonchev–Trinajstić information content (AvgIpc) is 3.38. The highest BCUT2D eigenvalue weighted by atomic mass is 32.2. The molecule has 2 amide bonds. The van der Waals surface area contributed by atoms with Crippen molar-refractivity contribution in [3.05, 3.63) is 93.5 Å². The van der Waals surface area contributed by atoms with Gasteiger partial charge in [0.1, 0.15) is 5.69 Å². The highest BCUT2D eigenvalue weighted by Gasteiger charge is 2.23. The number of nitro benzene ring substituents is 1. The number of imidazole rings is 1. The largest absolute Gasteiger partial charge is 0.378 e. The maximum Gasteiger partial charge on any atom is 0.293 e. The predicted molar refractivity (Wildman–Crippen MR) is 143 cm³/mol. The molecule has 38 heavy (non-hydrogen) atoms. The van der Waals surface area contributed by atoms with Crippen molar-refractivity contribution in [1.82, 2.24) is 20.8 Å². The van der Waals surface area contributed by atoms with Crippen LogP contribution in [0, 0.1) is 10.1 Å². The third-order valence-corrected chi connectivity index (χ3v) is 6.98. The number of hydrogen-bond acceptors (Lipinski definition) is 8. The van der Waals surface area contributed by atoms with Crippen LogP contribution in [0.2, 0.25) is 0 Å². The summed E-state index contributed by atoms with van der Waals surface area (Å²) in [4.78, 5) is 45.9. The van der Waals surface area contributed by atoms with Crippen LogP contribution in [0.3, 0.4) is 0 Å². The molecule has 1 fully saturated rings. The number of nitrogens with one attached hydrogen (secondary N) is 3. The Hall–Kier alpha value is -4.42. The number of rotatable bonds is 7. The number of carbonyl (C=O) groups is 2. The van der Waals surface area contributed by atoms with Crippen molar-refractivity contribution in [3.63, 3.8) is 0 Å². The molecule has 0 bridgehead atoms. The van der Waals surface area contributed by atoms with E-state index in [0.29, 0.717) is 43.3 Å². The molecule has 4 aromatic rings. The van der Waals surface area contributed by atoms with Gasteiger partial charge in [-0.1, -0.05) is 36.0 Å². The third kappa shape index (κ3) is 5.76. The average molecular weight is 533 g/mol. The Morgan fingerprint density at radius 3 is 2.39 bits per heavy atom. The Kier molecular flexibility index (Phi) is 7.52. The number of morpholine rings is 1. The van der Waals surface area contributed by atoms with E-state index in [4.69, 9.17) is 4.74 Å². The lowest BCUT2D eigenvalue weighted by atomic mass is 10.1. The van der Waals surface area contributed by atoms with Crippen molar-refractivity contribution in [2.75, 3.05) is 31.2 Å². The van der Waals surface area contributed by atoms with Crippen LogP contribution >= 0.6 is 11.8 Å². The second-order valence-electron chi connectivity index (χ2n) is 8.51. The molecule has 0 aliphatic carbocycles. The fraction of sp³-hybridized carbons (Fsp3) is 0.192. The number of carbonyl (C=O) groups excluding carboxylic acids is 2. The van der Waals surface area contributed by atoms with Gasteiger partial charge in [-0.05, 0) is 42.0 Å². The van der Waals surface area contributed by atoms with Gasteiger partial charge in [0.15, 0.2) is 5.16 Å². The Morgan fingerprint density at radius 1 is 1.00 bits per heavy atom. The van der Waals surface area contributed by atoms with E-state index in [2.05, 4.69) is 20.8 Å². The quantitative estimate of drug-likeness (QED) is 0.186. The summed E-state index contributed by atoms with van der Waals surface area (Å²) in [5.74, 6) is -0.499. The number of ether oxygens (including phenoxy) is 1. The molecular formula is C26H24N6O5S. The number of anilines is 1. The lowest BCUT2D eigenvalue weighted by Gasteiger charge is -2.28. The summed E-state index contributed by atoms with van der Waals surface area (Å²) in [6.45, 7) is 2.01. The van der Waals surface area contributed by atoms with Crippen LogP contribution in [0.15, 0.2) is 71.9 Å². The van der Waals surface area contributed by atoms with Crippen LogP contribution in [0.25, 0.3) is 11.0 Å². The molecule has 11 nitrogen and oxygen atoms in total. The fourth-order valence-corrected chi connectivity index (χ4v) is 4.88. The van der Waals surface area contributed by atoms with Crippen LogP contribution in [-0.2, 0) is 10.5 Å². The smallest absolute Gasteiger partial charge is 0.293 e. The maximum atomic E-state index is 12.6. The van der Waals surface area contributed by atoms with Gasteiger partial charge in [0.2, 0.25) is 0 Å². The number of para-hydroxylation sites is 2. The summed E-state index contributed by atoms with van der Waals surface area (Å²) in [7, 11) is 0. The van der Waals surface area contributed by atoms with Gasteiger partial charge >= 0.3 is 0 Å². The van der Waals surface area contributed by atoms with E-state index >= 15 is 0 Å². The number of aromatic amines is 1. The van der Waals surface area contributed by atoms with Gasteiger partial charge in [-0.15, -0.1) is 0 Å². The molecule has 2 heterocycles. The summed E-state index contributed by atoms with van der Waals surface area (Å²) in [5, 5.41) is 12.4. The van der Waals surface area contributed by atoms with E-state index in [1.807, 2.05) is 41.3 Å². The standard InChI is InChI=1S/C26H24N6O5S/c33-24(18-7-5-17(6-8-18)16-38-26-27-20-3-1-2-4-21(20)28-26)29-30-25(34)19-9-10-22(23(15-19)32(35)36)31-11-13-37-14-12-31/h1-10,15H,11-14,16H2,(H,27,28)(H,29,33)(H,30,34). The number of fused-ring (bicyclic) bond motifs is 1. The highest BCUT2D eigenvalue weighted by Crippen LogP contribution is 2.30. The second kappa shape index (κ2) is 11.3. The van der Waals surface area contributed by atoms with Gasteiger partial charge in [0.25, 0.3) is 17.5 Å². The number of hydrazine groups is 1. The Balaban J connectivity index is 1.16. The first-order chi connectivity index (χ1) is 18.5. The number of nitrogens with zero attached hydrogens (tertiary/aromatic N) is 3. The first-order valence-corrected chi connectivity index (χ1v) is 12.8. The summed E-state index contributed by atoms with van der Waals surface area (Å²) in [5.41, 5.74) is 8.25. The molecule has 1 aliphatic rings. The number of hydrogen-bond donors (Lipinski definition) is 3. The number of benzene rings is 3. The van der Waals surface area contributed by atoms with E-state index in [1.165, 1.54) is 12.1 Å². The Bertz CT molecular complexity index is 1450. The number of nitro groups is 1. The van der Waals surface area contributed by atoms with Crippen molar-refractivity contribution in [3.8, 4) is 0 Å². The monoisotopic (exact) mass is 532 g/mol. The van der Waals surface area contributed by atoms with Crippen molar-refractivity contribution < 1.29 is 19.2 Å². The van der Waals surface area contributed by atoms with E-state index in [1.54, 1.807) is 30.0 Å². The minimum Gasteiger partial charge on any atom is -0.378 e. The lowest BCUT2D eigenvalue weighted by molar-refractivity contribution is -0.384. The van der Waals surface area contributed by atoms with Gasteiger partial charge in [-0.25, -0.2) is 4.98 Å². The molecule has 0 saturated carbocycles. The molecule has 1 aliphatic heterocycles. The van der Waals surface area contributed by atoms with Gasteiger partial charge in [-0.2, -0.15) is 0 Å². The van der Waals surface area contributed by atoms with Crippen LogP contribution in [-0.4, -0.2) is 53.0 Å². The van der Waals surface area contributed by atoms with Crippen molar-refractivity contribution in [2.24, 2.45) is 0 Å². The van der Waals surface area contributed by atoms with Gasteiger partial charge in [0.05, 0.1) is 29.2 Å². The molecule has 194 valence electrons. The summed E-state index contributed by atoms with van der Waals surface area (Å²) >= 11 is 1.56. The van der Waals surface area contributed by atoms with Crippen molar-refractivity contribution in [1.29, 1.82) is 0 Å². The van der Waals surface area contributed by atoms with Crippen LogP contribution in [0.1, 0.15) is 26.3 Å². The van der Waals surface area contributed by atoms with Crippen molar-refractivity contribution >= 4 is 46.0 Å². The molecule has 12 heteroatoms. The first-order valence-electron chi connectivity index (χ1n) is 11.9. The number of amides is 2. The van der Waals surface area contributed by atoms with E-state index < -0.39 is 16.7 Å². The molecule has 0 unspecified atom stereocenters. The molecule has 0 spiro atoms. The fourth-order valence-electron chi connectivity index (χ4n) is 4.04. The third-order valence-electron chi connectivity index (χ3n) is 6.03. The maximum absolute atomic E-state index is 12.6. The van der Waals surface area contributed by atoms with Crippen LogP contribution in [0.4, 0.5) is 11.4 Å². The van der Waals surface area contributed by atoms with E-state index in [0.717, 1.165) is 21.8 Å². The molecule has 0 radical (unpaired) electrons. The molecule has 1 saturated heterocycles. The number of H-pyrrole nitrogens is 1. The predicted octanol–water partition coefficient (Wildman–Crippen LogP) is 3.67. The zero-order valence-electron chi connectivity index (χ0n) is 20.2. The van der Waals surface area contributed by atoms with Crippen LogP contribution < -0.4 is 15.8 Å². The SMILES string of the molecule is O=C(NNC(=O)c1ccc(N2CCOCC2)c([N+](=O)[O-])c1)c1ccc(CSc2nc3ccccc3[nH]2)cc1. The van der Waals surface area contributed by atoms with E-state index in [9.17, 15) is 19.7 Å². The molecule has 3 N–H and O–H groups in total.